The van der Waals surface area contributed by atoms with Crippen molar-refractivity contribution in [3.05, 3.63) is 20.8 Å². The summed E-state index contributed by atoms with van der Waals surface area (Å²) in [5.74, 6) is 0.813. The van der Waals surface area contributed by atoms with Gasteiger partial charge in [0.2, 0.25) is 5.91 Å². The lowest BCUT2D eigenvalue weighted by Crippen LogP contribution is -2.23. The summed E-state index contributed by atoms with van der Waals surface area (Å²) < 4.78 is 1.11. The molecule has 2 rings (SSSR count). The van der Waals surface area contributed by atoms with Crippen molar-refractivity contribution >= 4 is 33.2 Å². The Labute approximate surface area is 96.0 Å². The van der Waals surface area contributed by atoms with Crippen LogP contribution in [0.4, 0.5) is 0 Å². The fraction of sp³-hybridized carbons (Fsp3) is 0.500. The van der Waals surface area contributed by atoms with Gasteiger partial charge in [-0.05, 0) is 27.9 Å². The van der Waals surface area contributed by atoms with E-state index in [0.717, 1.165) is 17.6 Å². The highest BCUT2D eigenvalue weighted by atomic mass is 79.9. The molecule has 1 aromatic heterocycles. The Hall–Kier alpha value is -0.350. The first-order valence-electron chi connectivity index (χ1n) is 4.66. The fourth-order valence-electron chi connectivity index (χ4n) is 1.75. The van der Waals surface area contributed by atoms with Gasteiger partial charge < -0.3 is 4.90 Å². The SMILES string of the molecule is CC1CC(=O)N(Cc2cc(Br)cs2)C1. The van der Waals surface area contributed by atoms with E-state index in [0.29, 0.717) is 18.2 Å². The molecule has 1 unspecified atom stereocenters. The molecular weight excluding hydrogens is 262 g/mol. The van der Waals surface area contributed by atoms with Gasteiger partial charge in [0.25, 0.3) is 0 Å². The normalized spacial score (nSPS) is 22.0. The van der Waals surface area contributed by atoms with Gasteiger partial charge in [-0.2, -0.15) is 0 Å². The second-order valence-electron chi connectivity index (χ2n) is 3.81. The van der Waals surface area contributed by atoms with Crippen LogP contribution in [0.3, 0.4) is 0 Å². The fourth-order valence-corrected chi connectivity index (χ4v) is 3.21. The maximum Gasteiger partial charge on any atom is 0.223 e. The Kier molecular flexibility index (Phi) is 2.93. The average molecular weight is 274 g/mol. The van der Waals surface area contributed by atoms with Crippen LogP contribution in [-0.4, -0.2) is 17.4 Å². The third kappa shape index (κ3) is 2.17. The molecular formula is C10H12BrNOS. The lowest BCUT2D eigenvalue weighted by atomic mass is 10.2. The first-order valence-corrected chi connectivity index (χ1v) is 6.33. The minimum atomic E-state index is 0.294. The minimum absolute atomic E-state index is 0.294. The van der Waals surface area contributed by atoms with Crippen molar-refractivity contribution in [2.45, 2.75) is 19.9 Å². The molecule has 2 nitrogen and oxygen atoms in total. The number of hydrogen-bond donors (Lipinski definition) is 0. The summed E-state index contributed by atoms with van der Waals surface area (Å²) >= 11 is 5.11. The lowest BCUT2D eigenvalue weighted by molar-refractivity contribution is -0.128. The van der Waals surface area contributed by atoms with Crippen molar-refractivity contribution in [3.63, 3.8) is 0 Å². The maximum absolute atomic E-state index is 11.5. The van der Waals surface area contributed by atoms with E-state index in [1.807, 2.05) is 4.90 Å². The molecule has 4 heteroatoms. The molecule has 76 valence electrons. The van der Waals surface area contributed by atoms with Crippen LogP contribution < -0.4 is 0 Å². The second kappa shape index (κ2) is 4.03. The molecule has 0 bridgehead atoms. The minimum Gasteiger partial charge on any atom is -0.337 e. The number of likely N-dealkylation sites (tertiary alicyclic amines) is 1. The van der Waals surface area contributed by atoms with E-state index in [9.17, 15) is 4.79 Å². The van der Waals surface area contributed by atoms with Gasteiger partial charge in [-0.1, -0.05) is 6.92 Å². The molecule has 0 radical (unpaired) electrons. The van der Waals surface area contributed by atoms with Crippen LogP contribution in [-0.2, 0) is 11.3 Å². The van der Waals surface area contributed by atoms with E-state index in [2.05, 4.69) is 34.3 Å². The van der Waals surface area contributed by atoms with E-state index in [4.69, 9.17) is 0 Å². The number of hydrogen-bond acceptors (Lipinski definition) is 2. The van der Waals surface area contributed by atoms with Gasteiger partial charge in [-0.25, -0.2) is 0 Å². The number of amides is 1. The smallest absolute Gasteiger partial charge is 0.223 e. The summed E-state index contributed by atoms with van der Waals surface area (Å²) in [6.45, 7) is 3.82. The Balaban J connectivity index is 2.01. The topological polar surface area (TPSA) is 20.3 Å². The van der Waals surface area contributed by atoms with Crippen molar-refractivity contribution in [1.29, 1.82) is 0 Å². The zero-order valence-electron chi connectivity index (χ0n) is 8.00. The predicted molar refractivity (Wildman–Crippen MR) is 61.2 cm³/mol. The van der Waals surface area contributed by atoms with Crippen LogP contribution in [0.2, 0.25) is 0 Å². The molecule has 1 aliphatic rings. The molecule has 1 aliphatic heterocycles. The van der Waals surface area contributed by atoms with Crippen LogP contribution in [0, 0.1) is 5.92 Å². The summed E-state index contributed by atoms with van der Waals surface area (Å²) in [7, 11) is 0. The maximum atomic E-state index is 11.5. The second-order valence-corrected chi connectivity index (χ2v) is 5.73. The van der Waals surface area contributed by atoms with E-state index in [1.54, 1.807) is 11.3 Å². The molecule has 0 N–H and O–H groups in total. The summed E-state index contributed by atoms with van der Waals surface area (Å²) in [5, 5.41) is 2.05. The highest BCUT2D eigenvalue weighted by Gasteiger charge is 2.26. The third-order valence-electron chi connectivity index (χ3n) is 2.38. The van der Waals surface area contributed by atoms with E-state index >= 15 is 0 Å². The van der Waals surface area contributed by atoms with Gasteiger partial charge in [-0.3, -0.25) is 4.79 Å². The molecule has 1 amide bonds. The molecule has 1 atom stereocenters. The molecule has 0 saturated carbocycles. The largest absolute Gasteiger partial charge is 0.337 e. The number of thiophene rings is 1. The summed E-state index contributed by atoms with van der Waals surface area (Å²) in [5.41, 5.74) is 0. The number of halogens is 1. The monoisotopic (exact) mass is 273 g/mol. The van der Waals surface area contributed by atoms with Crippen LogP contribution in [0.15, 0.2) is 15.9 Å². The number of rotatable bonds is 2. The molecule has 1 saturated heterocycles. The summed E-state index contributed by atoms with van der Waals surface area (Å²) in [6, 6.07) is 2.08. The zero-order valence-corrected chi connectivity index (χ0v) is 10.4. The first kappa shape index (κ1) is 10.2. The Morgan fingerprint density at radius 1 is 1.71 bits per heavy atom. The summed E-state index contributed by atoms with van der Waals surface area (Å²) in [4.78, 5) is 14.7. The molecule has 0 aromatic carbocycles. The summed E-state index contributed by atoms with van der Waals surface area (Å²) in [6.07, 6.45) is 0.715. The van der Waals surface area contributed by atoms with Gasteiger partial charge in [0.15, 0.2) is 0 Å². The Morgan fingerprint density at radius 3 is 3.00 bits per heavy atom. The van der Waals surface area contributed by atoms with E-state index in [1.165, 1.54) is 4.88 Å². The molecule has 0 spiro atoms. The molecule has 1 fully saturated rings. The molecule has 0 aliphatic carbocycles. The number of nitrogens with zero attached hydrogens (tertiary/aromatic N) is 1. The van der Waals surface area contributed by atoms with Gasteiger partial charge >= 0.3 is 0 Å². The standard InChI is InChI=1S/C10H12BrNOS/c1-7-2-10(13)12(4-7)5-9-3-8(11)6-14-9/h3,6-7H,2,4-5H2,1H3. The van der Waals surface area contributed by atoms with E-state index in [-0.39, 0.29) is 0 Å². The van der Waals surface area contributed by atoms with Crippen LogP contribution in [0.5, 0.6) is 0 Å². The van der Waals surface area contributed by atoms with Crippen LogP contribution in [0.25, 0.3) is 0 Å². The van der Waals surface area contributed by atoms with Gasteiger partial charge in [0, 0.05) is 27.7 Å². The molecule has 14 heavy (non-hydrogen) atoms. The average Bonchev–Trinajstić information content (AvgIpc) is 2.61. The quantitative estimate of drug-likeness (QED) is 0.812. The zero-order chi connectivity index (χ0) is 10.1. The molecule has 1 aromatic rings. The number of carbonyl (C=O) groups is 1. The van der Waals surface area contributed by atoms with Crippen molar-refractivity contribution in [3.8, 4) is 0 Å². The lowest BCUT2D eigenvalue weighted by Gasteiger charge is -2.14. The van der Waals surface area contributed by atoms with Gasteiger partial charge in [0.05, 0.1) is 6.54 Å². The van der Waals surface area contributed by atoms with Crippen molar-refractivity contribution in [2.24, 2.45) is 5.92 Å². The van der Waals surface area contributed by atoms with Gasteiger partial charge in [0.1, 0.15) is 0 Å². The van der Waals surface area contributed by atoms with Crippen LogP contribution in [0.1, 0.15) is 18.2 Å². The highest BCUT2D eigenvalue weighted by Crippen LogP contribution is 2.24. The predicted octanol–water partition coefficient (Wildman–Crippen LogP) is 2.88. The van der Waals surface area contributed by atoms with Crippen molar-refractivity contribution < 1.29 is 4.79 Å². The Bertz CT molecular complexity index is 350. The van der Waals surface area contributed by atoms with Crippen molar-refractivity contribution in [2.75, 3.05) is 6.54 Å². The highest BCUT2D eigenvalue weighted by molar-refractivity contribution is 9.10. The third-order valence-corrected chi connectivity index (χ3v) is 4.06. The van der Waals surface area contributed by atoms with E-state index < -0.39 is 0 Å². The molecule has 2 heterocycles. The number of carbonyl (C=O) groups excluding carboxylic acids is 1. The van der Waals surface area contributed by atoms with Crippen LogP contribution >= 0.6 is 27.3 Å². The first-order chi connectivity index (χ1) is 6.65. The van der Waals surface area contributed by atoms with Crippen molar-refractivity contribution in [1.82, 2.24) is 4.90 Å². The van der Waals surface area contributed by atoms with Gasteiger partial charge in [-0.15, -0.1) is 11.3 Å². The Morgan fingerprint density at radius 2 is 2.50 bits per heavy atom.